The highest BCUT2D eigenvalue weighted by molar-refractivity contribution is 6.31. The van der Waals surface area contributed by atoms with Gasteiger partial charge in [0.05, 0.1) is 5.69 Å². The highest BCUT2D eigenvalue weighted by Crippen LogP contribution is 2.22. The fourth-order valence-corrected chi connectivity index (χ4v) is 1.97. The predicted octanol–water partition coefficient (Wildman–Crippen LogP) is 2.99. The lowest BCUT2D eigenvalue weighted by Gasteiger charge is -2.07. The van der Waals surface area contributed by atoms with Gasteiger partial charge in [0.25, 0.3) is 5.91 Å². The second-order valence-electron chi connectivity index (χ2n) is 4.43. The van der Waals surface area contributed by atoms with Gasteiger partial charge in [0.1, 0.15) is 5.82 Å². The van der Waals surface area contributed by atoms with Crippen molar-refractivity contribution in [2.24, 2.45) is 0 Å². The summed E-state index contributed by atoms with van der Waals surface area (Å²) in [5.74, 6) is -0.561. The van der Waals surface area contributed by atoms with Crippen LogP contribution in [0.2, 0.25) is 5.15 Å². The first-order chi connectivity index (χ1) is 11.1. The summed E-state index contributed by atoms with van der Waals surface area (Å²) in [6.45, 7) is 0. The zero-order chi connectivity index (χ0) is 16.2. The van der Waals surface area contributed by atoms with Crippen LogP contribution in [0.15, 0.2) is 42.9 Å². The number of aromatic nitrogens is 4. The number of anilines is 3. The number of rotatable bonds is 4. The molecule has 116 valence electrons. The van der Waals surface area contributed by atoms with E-state index in [1.165, 1.54) is 42.9 Å². The van der Waals surface area contributed by atoms with Crippen LogP contribution in [0, 0.1) is 5.82 Å². The van der Waals surface area contributed by atoms with E-state index in [2.05, 4.69) is 30.8 Å². The van der Waals surface area contributed by atoms with E-state index in [4.69, 9.17) is 11.6 Å². The van der Waals surface area contributed by atoms with Crippen LogP contribution in [0.3, 0.4) is 0 Å². The van der Waals surface area contributed by atoms with Crippen molar-refractivity contribution < 1.29 is 9.18 Å². The summed E-state index contributed by atoms with van der Waals surface area (Å²) in [6.07, 6.45) is 4.40. The van der Waals surface area contributed by atoms with E-state index >= 15 is 0 Å². The molecule has 23 heavy (non-hydrogen) atoms. The number of nitrogens with one attached hydrogen (secondary N) is 3. The molecule has 1 aromatic carbocycles. The first-order valence-corrected chi connectivity index (χ1v) is 6.85. The minimum absolute atomic E-state index is 0.107. The highest BCUT2D eigenvalue weighted by atomic mass is 35.5. The van der Waals surface area contributed by atoms with Crippen LogP contribution < -0.4 is 10.6 Å². The maximum atomic E-state index is 12.9. The molecule has 3 rings (SSSR count). The second-order valence-corrected chi connectivity index (χ2v) is 4.79. The standard InChI is InChI=1S/C14H10ClFN6O/c15-12-13(18-6-5-17-12)21-10-7-19-22-11(10)14(23)20-9-3-1-8(16)2-4-9/h1-7H,(H,18,21)(H,19,22)(H,20,23). The minimum atomic E-state index is -0.472. The molecule has 0 aliphatic heterocycles. The summed E-state index contributed by atoms with van der Waals surface area (Å²) in [6, 6.07) is 5.40. The molecule has 1 amide bonds. The SMILES string of the molecule is O=C(Nc1ccc(F)cc1)c1n[nH]cc1Nc1nccnc1Cl. The number of benzene rings is 1. The molecule has 0 radical (unpaired) electrons. The predicted molar refractivity (Wildman–Crippen MR) is 83.3 cm³/mol. The van der Waals surface area contributed by atoms with Gasteiger partial charge < -0.3 is 10.6 Å². The van der Waals surface area contributed by atoms with Crippen molar-refractivity contribution in [3.8, 4) is 0 Å². The second kappa shape index (κ2) is 6.41. The van der Waals surface area contributed by atoms with Crippen LogP contribution >= 0.6 is 11.6 Å². The number of nitrogens with zero attached hydrogens (tertiary/aromatic N) is 3. The summed E-state index contributed by atoms with van der Waals surface area (Å²) < 4.78 is 12.9. The summed E-state index contributed by atoms with van der Waals surface area (Å²) in [7, 11) is 0. The third kappa shape index (κ3) is 3.43. The molecular formula is C14H10ClFN6O. The molecule has 3 N–H and O–H groups in total. The molecule has 2 heterocycles. The molecule has 0 aliphatic carbocycles. The first-order valence-electron chi connectivity index (χ1n) is 6.47. The van der Waals surface area contributed by atoms with E-state index in [0.29, 0.717) is 17.2 Å². The fraction of sp³-hybridized carbons (Fsp3) is 0. The summed E-state index contributed by atoms with van der Waals surface area (Å²) in [5.41, 5.74) is 0.936. The lowest BCUT2D eigenvalue weighted by molar-refractivity contribution is 0.102. The van der Waals surface area contributed by atoms with Crippen LogP contribution in [-0.2, 0) is 0 Å². The summed E-state index contributed by atoms with van der Waals surface area (Å²) >= 11 is 5.91. The Morgan fingerprint density at radius 2 is 1.91 bits per heavy atom. The lowest BCUT2D eigenvalue weighted by Crippen LogP contribution is -2.14. The molecule has 0 atom stereocenters. The minimum Gasteiger partial charge on any atom is -0.334 e. The van der Waals surface area contributed by atoms with Crippen molar-refractivity contribution in [3.63, 3.8) is 0 Å². The van der Waals surface area contributed by atoms with Crippen LogP contribution in [0.4, 0.5) is 21.6 Å². The number of hydrogen-bond donors (Lipinski definition) is 3. The highest BCUT2D eigenvalue weighted by Gasteiger charge is 2.16. The normalized spacial score (nSPS) is 10.3. The van der Waals surface area contributed by atoms with Crippen molar-refractivity contribution in [3.05, 3.63) is 59.5 Å². The molecule has 0 bridgehead atoms. The van der Waals surface area contributed by atoms with Gasteiger partial charge in [-0.1, -0.05) is 11.6 Å². The Labute approximate surface area is 134 Å². The number of carbonyl (C=O) groups is 1. The van der Waals surface area contributed by atoms with E-state index in [9.17, 15) is 9.18 Å². The average Bonchev–Trinajstić information content (AvgIpc) is 3.00. The van der Waals surface area contributed by atoms with Crippen molar-refractivity contribution in [2.75, 3.05) is 10.6 Å². The van der Waals surface area contributed by atoms with Gasteiger partial charge in [0.2, 0.25) is 0 Å². The monoisotopic (exact) mass is 332 g/mol. The maximum absolute atomic E-state index is 12.9. The van der Waals surface area contributed by atoms with Crippen molar-refractivity contribution in [1.82, 2.24) is 20.2 Å². The molecule has 0 aliphatic rings. The number of hydrogen-bond acceptors (Lipinski definition) is 5. The lowest BCUT2D eigenvalue weighted by atomic mass is 10.3. The average molecular weight is 333 g/mol. The molecule has 9 heteroatoms. The van der Waals surface area contributed by atoms with Crippen LogP contribution in [0.1, 0.15) is 10.5 Å². The van der Waals surface area contributed by atoms with E-state index in [1.807, 2.05) is 0 Å². The fourth-order valence-electron chi connectivity index (χ4n) is 1.81. The smallest absolute Gasteiger partial charge is 0.278 e. The summed E-state index contributed by atoms with van der Waals surface area (Å²) in [4.78, 5) is 20.2. The molecule has 2 aromatic heterocycles. The number of halogens is 2. The number of amides is 1. The number of carbonyl (C=O) groups excluding carboxylic acids is 1. The Kier molecular flexibility index (Phi) is 4.15. The Morgan fingerprint density at radius 1 is 1.17 bits per heavy atom. The Morgan fingerprint density at radius 3 is 2.65 bits per heavy atom. The van der Waals surface area contributed by atoms with Gasteiger partial charge >= 0.3 is 0 Å². The van der Waals surface area contributed by atoms with E-state index in [-0.39, 0.29) is 16.7 Å². The number of H-pyrrole nitrogens is 1. The zero-order valence-corrected chi connectivity index (χ0v) is 12.3. The molecule has 0 unspecified atom stereocenters. The summed E-state index contributed by atoms with van der Waals surface area (Å²) in [5, 5.41) is 12.1. The van der Waals surface area contributed by atoms with Crippen molar-refractivity contribution in [2.45, 2.75) is 0 Å². The van der Waals surface area contributed by atoms with Crippen molar-refractivity contribution >= 4 is 34.7 Å². The first kappa shape index (κ1) is 14.9. The molecule has 7 nitrogen and oxygen atoms in total. The van der Waals surface area contributed by atoms with Crippen LogP contribution in [0.25, 0.3) is 0 Å². The quantitative estimate of drug-likeness (QED) is 0.682. The van der Waals surface area contributed by atoms with Gasteiger partial charge in [-0.15, -0.1) is 0 Å². The number of aromatic amines is 1. The van der Waals surface area contributed by atoms with Gasteiger partial charge in [-0.05, 0) is 24.3 Å². The third-order valence-corrected chi connectivity index (χ3v) is 3.14. The Balaban J connectivity index is 1.79. The van der Waals surface area contributed by atoms with Gasteiger partial charge in [0.15, 0.2) is 16.7 Å². The van der Waals surface area contributed by atoms with Crippen molar-refractivity contribution in [1.29, 1.82) is 0 Å². The van der Waals surface area contributed by atoms with E-state index in [0.717, 1.165) is 0 Å². The molecular weight excluding hydrogens is 323 g/mol. The van der Waals surface area contributed by atoms with Gasteiger partial charge in [-0.3, -0.25) is 9.89 Å². The maximum Gasteiger partial charge on any atom is 0.278 e. The van der Waals surface area contributed by atoms with E-state index < -0.39 is 5.91 Å². The van der Waals surface area contributed by atoms with E-state index in [1.54, 1.807) is 0 Å². The zero-order valence-electron chi connectivity index (χ0n) is 11.5. The third-order valence-electron chi connectivity index (χ3n) is 2.86. The van der Waals surface area contributed by atoms with Gasteiger partial charge in [-0.25, -0.2) is 14.4 Å². The molecule has 0 saturated carbocycles. The Bertz CT molecular complexity index is 835. The molecule has 0 saturated heterocycles. The topological polar surface area (TPSA) is 95.6 Å². The van der Waals surface area contributed by atoms with Gasteiger partial charge in [-0.2, -0.15) is 5.10 Å². The molecule has 0 fully saturated rings. The molecule has 3 aromatic rings. The van der Waals surface area contributed by atoms with Crippen LogP contribution in [-0.4, -0.2) is 26.1 Å². The Hall–Kier alpha value is -3.00. The largest absolute Gasteiger partial charge is 0.334 e. The van der Waals surface area contributed by atoms with Crippen LogP contribution in [0.5, 0.6) is 0 Å². The molecule has 0 spiro atoms. The van der Waals surface area contributed by atoms with Gasteiger partial charge in [0, 0.05) is 24.3 Å².